The predicted octanol–water partition coefficient (Wildman–Crippen LogP) is 3.22. The van der Waals surface area contributed by atoms with Gasteiger partial charge < -0.3 is 14.4 Å². The van der Waals surface area contributed by atoms with Crippen LogP contribution in [0, 0.1) is 0 Å². The van der Waals surface area contributed by atoms with E-state index in [0.29, 0.717) is 31.7 Å². The Morgan fingerprint density at radius 3 is 2.71 bits per heavy atom. The highest BCUT2D eigenvalue weighted by Gasteiger charge is 2.29. The third-order valence-corrected chi connectivity index (χ3v) is 4.11. The number of rotatable bonds is 2. The summed E-state index contributed by atoms with van der Waals surface area (Å²) in [6.07, 6.45) is 0.353. The summed E-state index contributed by atoms with van der Waals surface area (Å²) in [4.78, 5) is 26.7. The summed E-state index contributed by atoms with van der Waals surface area (Å²) < 4.78 is 10.4. The highest BCUT2D eigenvalue weighted by molar-refractivity contribution is 7.10. The van der Waals surface area contributed by atoms with E-state index in [1.54, 1.807) is 11.8 Å². The maximum Gasteiger partial charge on any atom is 0.410 e. The van der Waals surface area contributed by atoms with Crippen LogP contribution in [0.2, 0.25) is 0 Å². The molecule has 0 aromatic carbocycles. The first-order valence-corrected chi connectivity index (χ1v) is 7.94. The Kier molecular flexibility index (Phi) is 4.56. The molecule has 0 saturated heterocycles. The molecule has 116 valence electrons. The van der Waals surface area contributed by atoms with Crippen LogP contribution in [0.3, 0.4) is 0 Å². The molecule has 2 rings (SSSR count). The number of amides is 1. The summed E-state index contributed by atoms with van der Waals surface area (Å²) in [6, 6.07) is 0. The van der Waals surface area contributed by atoms with Crippen molar-refractivity contribution in [1.29, 1.82) is 0 Å². The van der Waals surface area contributed by atoms with Crippen LogP contribution in [0.4, 0.5) is 4.79 Å². The lowest BCUT2D eigenvalue weighted by Crippen LogP contribution is -2.39. The molecule has 21 heavy (non-hydrogen) atoms. The van der Waals surface area contributed by atoms with Gasteiger partial charge >= 0.3 is 12.1 Å². The summed E-state index contributed by atoms with van der Waals surface area (Å²) in [5, 5.41) is 1.82. The highest BCUT2D eigenvalue weighted by Crippen LogP contribution is 2.30. The number of hydrogen-bond acceptors (Lipinski definition) is 5. The minimum absolute atomic E-state index is 0.277. The van der Waals surface area contributed by atoms with Crippen molar-refractivity contribution >= 4 is 23.4 Å². The first-order valence-electron chi connectivity index (χ1n) is 7.06. The Hall–Kier alpha value is -1.56. The molecule has 0 saturated carbocycles. The smallest absolute Gasteiger partial charge is 0.410 e. The summed E-state index contributed by atoms with van der Waals surface area (Å²) in [6.45, 7) is 8.77. The SMILES string of the molecule is CCOC(=O)c1csc2c1CCN(C(=O)OC(C)(C)C)C2. The van der Waals surface area contributed by atoms with Crippen LogP contribution in [-0.4, -0.2) is 35.7 Å². The normalized spacial score (nSPS) is 14.6. The summed E-state index contributed by atoms with van der Waals surface area (Å²) in [5.41, 5.74) is 1.15. The molecular formula is C15H21NO4S. The van der Waals surface area contributed by atoms with E-state index in [-0.39, 0.29) is 12.1 Å². The van der Waals surface area contributed by atoms with Crippen LogP contribution < -0.4 is 0 Å². The molecule has 1 aromatic heterocycles. The van der Waals surface area contributed by atoms with Gasteiger partial charge in [0.05, 0.1) is 18.7 Å². The average molecular weight is 311 g/mol. The quantitative estimate of drug-likeness (QED) is 0.787. The lowest BCUT2D eigenvalue weighted by atomic mass is 10.0. The Bertz CT molecular complexity index is 544. The van der Waals surface area contributed by atoms with Crippen molar-refractivity contribution in [3.63, 3.8) is 0 Å². The van der Waals surface area contributed by atoms with Crippen molar-refractivity contribution in [2.75, 3.05) is 13.2 Å². The minimum Gasteiger partial charge on any atom is -0.462 e. The van der Waals surface area contributed by atoms with Crippen LogP contribution in [0.1, 0.15) is 48.5 Å². The van der Waals surface area contributed by atoms with Crippen molar-refractivity contribution in [1.82, 2.24) is 4.90 Å². The van der Waals surface area contributed by atoms with E-state index in [2.05, 4.69) is 0 Å². The van der Waals surface area contributed by atoms with Crippen molar-refractivity contribution in [3.8, 4) is 0 Å². The molecule has 5 nitrogen and oxygen atoms in total. The van der Waals surface area contributed by atoms with Crippen molar-refractivity contribution in [3.05, 3.63) is 21.4 Å². The third-order valence-electron chi connectivity index (χ3n) is 3.09. The van der Waals surface area contributed by atoms with Gasteiger partial charge in [-0.3, -0.25) is 0 Å². The molecule has 1 aliphatic heterocycles. The Morgan fingerprint density at radius 1 is 1.38 bits per heavy atom. The van der Waals surface area contributed by atoms with E-state index in [9.17, 15) is 9.59 Å². The van der Waals surface area contributed by atoms with Gasteiger partial charge in [-0.25, -0.2) is 9.59 Å². The maximum absolute atomic E-state index is 12.1. The van der Waals surface area contributed by atoms with Gasteiger partial charge in [-0.05, 0) is 39.7 Å². The number of ether oxygens (including phenoxy) is 2. The molecule has 0 N–H and O–H groups in total. The van der Waals surface area contributed by atoms with E-state index in [1.807, 2.05) is 26.2 Å². The second-order valence-electron chi connectivity index (χ2n) is 5.92. The molecule has 1 aliphatic rings. The lowest BCUT2D eigenvalue weighted by Gasteiger charge is -2.30. The molecule has 0 spiro atoms. The Labute approximate surface area is 128 Å². The van der Waals surface area contributed by atoms with Gasteiger partial charge in [0, 0.05) is 16.8 Å². The monoisotopic (exact) mass is 311 g/mol. The first kappa shape index (κ1) is 15.8. The van der Waals surface area contributed by atoms with Crippen LogP contribution in [0.15, 0.2) is 5.38 Å². The summed E-state index contributed by atoms with van der Waals surface area (Å²) in [5.74, 6) is -0.277. The van der Waals surface area contributed by atoms with Crippen LogP contribution in [0.5, 0.6) is 0 Å². The predicted molar refractivity (Wildman–Crippen MR) is 80.6 cm³/mol. The van der Waals surface area contributed by atoms with Gasteiger partial charge in [-0.1, -0.05) is 0 Å². The molecule has 0 radical (unpaired) electrons. The highest BCUT2D eigenvalue weighted by atomic mass is 32.1. The number of carbonyl (C=O) groups is 2. The number of hydrogen-bond donors (Lipinski definition) is 0. The lowest BCUT2D eigenvalue weighted by molar-refractivity contribution is 0.0226. The minimum atomic E-state index is -0.497. The van der Waals surface area contributed by atoms with E-state index < -0.39 is 5.60 Å². The fraction of sp³-hybridized carbons (Fsp3) is 0.600. The molecule has 1 aromatic rings. The average Bonchev–Trinajstić information content (AvgIpc) is 2.79. The number of fused-ring (bicyclic) bond motifs is 1. The van der Waals surface area contributed by atoms with Crippen molar-refractivity contribution in [2.45, 2.75) is 46.3 Å². The molecular weight excluding hydrogens is 290 g/mol. The molecule has 0 bridgehead atoms. The topological polar surface area (TPSA) is 55.8 Å². The van der Waals surface area contributed by atoms with Gasteiger partial charge in [0.15, 0.2) is 0 Å². The zero-order valence-corrected chi connectivity index (χ0v) is 13.7. The standard InChI is InChI=1S/C15H21NO4S/c1-5-19-13(17)11-9-21-12-8-16(7-6-10(11)12)14(18)20-15(2,3)4/h9H,5-8H2,1-4H3. The van der Waals surface area contributed by atoms with E-state index in [0.717, 1.165) is 10.4 Å². The van der Waals surface area contributed by atoms with E-state index in [1.165, 1.54) is 11.3 Å². The van der Waals surface area contributed by atoms with Gasteiger partial charge in [0.1, 0.15) is 5.60 Å². The van der Waals surface area contributed by atoms with Gasteiger partial charge in [0.2, 0.25) is 0 Å². The fourth-order valence-corrected chi connectivity index (χ4v) is 3.27. The molecule has 6 heteroatoms. The van der Waals surface area contributed by atoms with Crippen LogP contribution in [-0.2, 0) is 22.4 Å². The Morgan fingerprint density at radius 2 is 2.10 bits per heavy atom. The molecule has 1 amide bonds. The van der Waals surface area contributed by atoms with Gasteiger partial charge in [0.25, 0.3) is 0 Å². The first-order chi connectivity index (χ1) is 9.81. The number of thiophene rings is 1. The van der Waals surface area contributed by atoms with Gasteiger partial charge in [-0.15, -0.1) is 11.3 Å². The zero-order chi connectivity index (χ0) is 15.6. The van der Waals surface area contributed by atoms with Crippen LogP contribution >= 0.6 is 11.3 Å². The Balaban J connectivity index is 2.09. The molecule has 0 aliphatic carbocycles. The van der Waals surface area contributed by atoms with E-state index in [4.69, 9.17) is 9.47 Å². The zero-order valence-electron chi connectivity index (χ0n) is 12.9. The molecule has 0 fully saturated rings. The summed E-state index contributed by atoms with van der Waals surface area (Å²) in [7, 11) is 0. The van der Waals surface area contributed by atoms with Gasteiger partial charge in [-0.2, -0.15) is 0 Å². The second kappa shape index (κ2) is 6.05. The second-order valence-corrected chi connectivity index (χ2v) is 6.89. The van der Waals surface area contributed by atoms with Crippen LogP contribution in [0.25, 0.3) is 0 Å². The maximum atomic E-state index is 12.1. The molecule has 0 atom stereocenters. The van der Waals surface area contributed by atoms with E-state index >= 15 is 0 Å². The molecule has 0 unspecified atom stereocenters. The van der Waals surface area contributed by atoms with Crippen molar-refractivity contribution in [2.24, 2.45) is 0 Å². The molecule has 2 heterocycles. The number of esters is 1. The third kappa shape index (κ3) is 3.75. The fourth-order valence-electron chi connectivity index (χ4n) is 2.19. The largest absolute Gasteiger partial charge is 0.462 e. The van der Waals surface area contributed by atoms with Crippen molar-refractivity contribution < 1.29 is 19.1 Å². The number of carbonyl (C=O) groups excluding carboxylic acids is 2. The summed E-state index contributed by atoms with van der Waals surface area (Å²) >= 11 is 1.50. The number of nitrogens with zero attached hydrogens (tertiary/aromatic N) is 1.